The number of likely N-dealkylation sites (tertiary alicyclic amines) is 1. The summed E-state index contributed by atoms with van der Waals surface area (Å²) in [5, 5.41) is 11.8. The third kappa shape index (κ3) is 6.89. The molecule has 1 fully saturated rings. The van der Waals surface area contributed by atoms with Crippen molar-refractivity contribution in [3.63, 3.8) is 0 Å². The number of rotatable bonds is 9. The largest absolute Gasteiger partial charge is 0.396 e. The van der Waals surface area contributed by atoms with Gasteiger partial charge in [0.25, 0.3) is 15.9 Å². The highest BCUT2D eigenvalue weighted by Gasteiger charge is 2.28. The number of anilines is 1. The van der Waals surface area contributed by atoms with Gasteiger partial charge in [-0.3, -0.25) is 9.59 Å². The number of sulfonamides is 1. The van der Waals surface area contributed by atoms with Crippen LogP contribution in [-0.2, 0) is 14.8 Å². The van der Waals surface area contributed by atoms with E-state index in [1.165, 1.54) is 48.5 Å². The molecule has 12 heteroatoms. The number of piperidine rings is 1. The van der Waals surface area contributed by atoms with E-state index >= 15 is 0 Å². The maximum atomic E-state index is 13.9. The third-order valence-corrected chi connectivity index (χ3v) is 7.87. The molecular formula is C27H27F2N3O6S. The second-order valence-corrected chi connectivity index (χ2v) is 10.7. The summed E-state index contributed by atoms with van der Waals surface area (Å²) >= 11 is 0. The minimum atomic E-state index is -4.43. The Morgan fingerprint density at radius 2 is 1.64 bits per heavy atom. The summed E-state index contributed by atoms with van der Waals surface area (Å²) in [6.07, 6.45) is 1.40. The van der Waals surface area contributed by atoms with Crippen LogP contribution in [0.3, 0.4) is 0 Å². The average Bonchev–Trinajstić information content (AvgIpc) is 2.95. The van der Waals surface area contributed by atoms with Crippen molar-refractivity contribution in [2.75, 3.05) is 30.7 Å². The Hall–Kier alpha value is -4.03. The lowest BCUT2D eigenvalue weighted by molar-refractivity contribution is -0.131. The molecule has 39 heavy (non-hydrogen) atoms. The predicted octanol–water partition coefficient (Wildman–Crippen LogP) is 3.11. The van der Waals surface area contributed by atoms with E-state index in [0.717, 1.165) is 24.3 Å². The van der Waals surface area contributed by atoms with Gasteiger partial charge in [0.05, 0.1) is 17.1 Å². The first-order chi connectivity index (χ1) is 18.7. The molecule has 0 bridgehead atoms. The first-order valence-electron chi connectivity index (χ1n) is 12.2. The number of nitrogens with one attached hydrogen (secondary N) is 1. The Labute approximate surface area is 224 Å². The average molecular weight is 560 g/mol. The normalized spacial score (nSPS) is 14.1. The van der Waals surface area contributed by atoms with E-state index < -0.39 is 27.6 Å². The molecule has 4 rings (SSSR count). The molecule has 2 amide bonds. The van der Waals surface area contributed by atoms with Gasteiger partial charge in [0.2, 0.25) is 5.91 Å². The number of aliphatic hydroxyl groups excluding tert-OH is 1. The molecular weight excluding hydrogens is 532 g/mol. The molecule has 0 unspecified atom stereocenters. The Bertz CT molecular complexity index is 1410. The van der Waals surface area contributed by atoms with E-state index in [0.29, 0.717) is 30.4 Å². The lowest BCUT2D eigenvalue weighted by Gasteiger charge is -2.31. The number of hydrogen-bond donors (Lipinski definition) is 2. The number of carbonyl (C=O) groups is 2. The number of benzene rings is 3. The molecule has 0 saturated carbocycles. The van der Waals surface area contributed by atoms with Gasteiger partial charge in [0.1, 0.15) is 11.6 Å². The molecule has 206 valence electrons. The number of amides is 2. The van der Waals surface area contributed by atoms with Gasteiger partial charge >= 0.3 is 0 Å². The van der Waals surface area contributed by atoms with Crippen molar-refractivity contribution in [2.24, 2.45) is 5.92 Å². The van der Waals surface area contributed by atoms with Gasteiger partial charge in [0.15, 0.2) is 5.75 Å². The van der Waals surface area contributed by atoms with Crippen LogP contribution in [0.5, 0.6) is 5.75 Å². The van der Waals surface area contributed by atoms with Gasteiger partial charge in [-0.15, -0.1) is 0 Å². The Morgan fingerprint density at radius 3 is 2.26 bits per heavy atom. The van der Waals surface area contributed by atoms with Crippen LogP contribution in [0.4, 0.5) is 14.5 Å². The number of carbonyl (C=O) groups excluding carboxylic acids is 2. The van der Waals surface area contributed by atoms with Crippen molar-refractivity contribution < 1.29 is 36.7 Å². The molecule has 0 radical (unpaired) electrons. The standard InChI is InChI=1S/C27H27F2N3O6S/c28-21-6-8-24(9-7-21)38-32(23-3-1-2-22(29)16-23)39(36,37)25-10-4-20(5-11-25)27(35)30-17-26(34)31-14-12-19(18-33)13-15-31/h1-11,16,19,33H,12-15,17-18H2,(H,30,35). The first kappa shape index (κ1) is 28.0. The Morgan fingerprint density at radius 1 is 0.974 bits per heavy atom. The molecule has 0 spiro atoms. The summed E-state index contributed by atoms with van der Waals surface area (Å²) in [5.41, 5.74) is -0.0137. The van der Waals surface area contributed by atoms with E-state index in [1.54, 1.807) is 4.90 Å². The maximum absolute atomic E-state index is 13.9. The minimum absolute atomic E-state index is 0.00881. The fourth-order valence-corrected chi connectivity index (χ4v) is 5.28. The molecule has 3 aromatic rings. The summed E-state index contributed by atoms with van der Waals surface area (Å²) in [6, 6.07) is 14.3. The van der Waals surface area contributed by atoms with Gasteiger partial charge in [-0.2, -0.15) is 8.42 Å². The van der Waals surface area contributed by atoms with Crippen LogP contribution in [-0.4, -0.2) is 56.5 Å². The number of nitrogens with zero attached hydrogens (tertiary/aromatic N) is 2. The number of halogens is 2. The Balaban J connectivity index is 1.47. The van der Waals surface area contributed by atoms with Gasteiger partial charge in [-0.1, -0.05) is 10.5 Å². The van der Waals surface area contributed by atoms with Crippen molar-refractivity contribution in [3.05, 3.63) is 90.0 Å². The highest BCUT2D eigenvalue weighted by Crippen LogP contribution is 2.27. The highest BCUT2D eigenvalue weighted by atomic mass is 32.2. The molecule has 1 saturated heterocycles. The summed E-state index contributed by atoms with van der Waals surface area (Å²) in [5.74, 6) is -1.90. The minimum Gasteiger partial charge on any atom is -0.396 e. The summed E-state index contributed by atoms with van der Waals surface area (Å²) in [6.45, 7) is 0.882. The molecule has 0 aromatic heterocycles. The predicted molar refractivity (Wildman–Crippen MR) is 138 cm³/mol. The van der Waals surface area contributed by atoms with E-state index in [2.05, 4.69) is 5.32 Å². The molecule has 3 aromatic carbocycles. The van der Waals surface area contributed by atoms with E-state index in [4.69, 9.17) is 4.84 Å². The molecule has 0 atom stereocenters. The smallest absolute Gasteiger partial charge is 0.295 e. The van der Waals surface area contributed by atoms with Crippen LogP contribution in [0.15, 0.2) is 77.7 Å². The fraction of sp³-hybridized carbons (Fsp3) is 0.259. The van der Waals surface area contributed by atoms with Crippen molar-refractivity contribution in [3.8, 4) is 5.75 Å². The first-order valence-corrected chi connectivity index (χ1v) is 13.6. The summed E-state index contributed by atoms with van der Waals surface area (Å²) in [7, 11) is -4.43. The van der Waals surface area contributed by atoms with E-state index in [9.17, 15) is 31.9 Å². The topological polar surface area (TPSA) is 116 Å². The van der Waals surface area contributed by atoms with Crippen molar-refractivity contribution in [1.82, 2.24) is 10.2 Å². The van der Waals surface area contributed by atoms with E-state index in [-0.39, 0.29) is 46.9 Å². The highest BCUT2D eigenvalue weighted by molar-refractivity contribution is 7.92. The molecule has 0 aliphatic carbocycles. The Kier molecular flexibility index (Phi) is 8.77. The number of aliphatic hydroxyl groups is 1. The van der Waals surface area contributed by atoms with Crippen LogP contribution in [0, 0.1) is 17.6 Å². The second-order valence-electron chi connectivity index (χ2n) is 8.97. The SMILES string of the molecule is O=C(NCC(=O)N1CCC(CO)CC1)c1ccc(S(=O)(=O)N(Oc2ccc(F)cc2)c2cccc(F)c2)cc1. The molecule has 1 aliphatic rings. The second kappa shape index (κ2) is 12.2. The van der Waals surface area contributed by atoms with Gasteiger partial charge < -0.3 is 20.2 Å². The van der Waals surface area contributed by atoms with Crippen LogP contribution >= 0.6 is 0 Å². The summed E-state index contributed by atoms with van der Waals surface area (Å²) in [4.78, 5) is 31.9. The zero-order valence-electron chi connectivity index (χ0n) is 20.8. The van der Waals surface area contributed by atoms with Crippen LogP contribution in [0.2, 0.25) is 0 Å². The number of hydrogen-bond acceptors (Lipinski definition) is 6. The quantitative estimate of drug-likeness (QED) is 0.390. The zero-order chi connectivity index (χ0) is 28.0. The molecule has 9 nitrogen and oxygen atoms in total. The van der Waals surface area contributed by atoms with Crippen LogP contribution in [0.25, 0.3) is 0 Å². The molecule has 2 N–H and O–H groups in total. The van der Waals surface area contributed by atoms with Crippen LogP contribution in [0.1, 0.15) is 23.2 Å². The van der Waals surface area contributed by atoms with Gasteiger partial charge in [-0.05, 0) is 79.4 Å². The van der Waals surface area contributed by atoms with E-state index in [1.807, 2.05) is 0 Å². The third-order valence-electron chi connectivity index (χ3n) is 6.28. The van der Waals surface area contributed by atoms with Gasteiger partial charge in [0, 0.05) is 31.3 Å². The maximum Gasteiger partial charge on any atom is 0.295 e. The van der Waals surface area contributed by atoms with Gasteiger partial charge in [-0.25, -0.2) is 8.78 Å². The monoisotopic (exact) mass is 559 g/mol. The zero-order valence-corrected chi connectivity index (χ0v) is 21.6. The van der Waals surface area contributed by atoms with Crippen molar-refractivity contribution in [1.29, 1.82) is 0 Å². The molecule has 1 aliphatic heterocycles. The van der Waals surface area contributed by atoms with Crippen molar-refractivity contribution >= 4 is 27.5 Å². The summed E-state index contributed by atoms with van der Waals surface area (Å²) < 4.78 is 54.7. The lowest BCUT2D eigenvalue weighted by Crippen LogP contribution is -2.44. The fourth-order valence-electron chi connectivity index (χ4n) is 4.03. The molecule has 1 heterocycles. The van der Waals surface area contributed by atoms with Crippen molar-refractivity contribution in [2.45, 2.75) is 17.7 Å². The lowest BCUT2D eigenvalue weighted by atomic mass is 9.98. The van der Waals surface area contributed by atoms with Crippen LogP contribution < -0.4 is 14.6 Å².